The average molecular weight is 260 g/mol. The van der Waals surface area contributed by atoms with Crippen molar-refractivity contribution in [3.05, 3.63) is 34.9 Å². The molecule has 0 aliphatic carbocycles. The predicted octanol–water partition coefficient (Wildman–Crippen LogP) is 2.52. The third-order valence-electron chi connectivity index (χ3n) is 4.11. The first-order valence-electron chi connectivity index (χ1n) is 7.22. The molecular formula is C16H24N2O. The van der Waals surface area contributed by atoms with E-state index < -0.39 is 0 Å². The van der Waals surface area contributed by atoms with E-state index in [9.17, 15) is 4.79 Å². The summed E-state index contributed by atoms with van der Waals surface area (Å²) < 4.78 is 0. The van der Waals surface area contributed by atoms with Gasteiger partial charge < -0.3 is 10.2 Å². The molecular weight excluding hydrogens is 236 g/mol. The van der Waals surface area contributed by atoms with Gasteiger partial charge in [0.25, 0.3) is 5.91 Å². The number of carbonyl (C=O) groups excluding carboxylic acids is 1. The Kier molecular flexibility index (Phi) is 4.59. The minimum atomic E-state index is 0.164. The van der Waals surface area contributed by atoms with Crippen LogP contribution in [0, 0.1) is 13.8 Å². The quantitative estimate of drug-likeness (QED) is 0.902. The normalized spacial score (nSPS) is 18.6. The number of hydrogen-bond donors (Lipinski definition) is 1. The molecule has 0 spiro atoms. The Balaban J connectivity index is 2.13. The molecule has 1 aromatic rings. The van der Waals surface area contributed by atoms with Gasteiger partial charge in [0.2, 0.25) is 0 Å². The number of aryl methyl sites for hydroxylation is 1. The molecule has 1 aliphatic heterocycles. The Hall–Kier alpha value is -1.35. The van der Waals surface area contributed by atoms with Crippen molar-refractivity contribution in [2.45, 2.75) is 39.7 Å². The Morgan fingerprint density at radius 2 is 2.21 bits per heavy atom. The first-order chi connectivity index (χ1) is 9.13. The van der Waals surface area contributed by atoms with Gasteiger partial charge in [0, 0.05) is 24.7 Å². The molecule has 0 bridgehead atoms. The monoisotopic (exact) mass is 260 g/mol. The highest BCUT2D eigenvalue weighted by atomic mass is 16.2. The van der Waals surface area contributed by atoms with Crippen molar-refractivity contribution in [1.29, 1.82) is 0 Å². The molecule has 1 aromatic carbocycles. The van der Waals surface area contributed by atoms with Crippen molar-refractivity contribution < 1.29 is 4.79 Å². The molecule has 1 N–H and O–H groups in total. The zero-order valence-electron chi connectivity index (χ0n) is 12.2. The van der Waals surface area contributed by atoms with Crippen LogP contribution in [-0.4, -0.2) is 36.5 Å². The zero-order chi connectivity index (χ0) is 13.8. The highest BCUT2D eigenvalue weighted by molar-refractivity contribution is 5.96. The summed E-state index contributed by atoms with van der Waals surface area (Å²) in [5.74, 6) is 0.164. The number of rotatable bonds is 4. The average Bonchev–Trinajstić information content (AvgIpc) is 2.91. The SMILES string of the molecule is CCN(CC1CCCN1)C(=O)c1cccc(C)c1C. The Labute approximate surface area is 116 Å². The van der Waals surface area contributed by atoms with Crippen molar-refractivity contribution >= 4 is 5.91 Å². The molecule has 1 heterocycles. The molecule has 19 heavy (non-hydrogen) atoms. The highest BCUT2D eigenvalue weighted by Crippen LogP contribution is 2.16. The fourth-order valence-electron chi connectivity index (χ4n) is 2.69. The second kappa shape index (κ2) is 6.20. The fraction of sp³-hybridized carbons (Fsp3) is 0.562. The molecule has 0 aromatic heterocycles. The van der Waals surface area contributed by atoms with E-state index in [2.05, 4.69) is 25.2 Å². The molecule has 2 rings (SSSR count). The van der Waals surface area contributed by atoms with Crippen LogP contribution >= 0.6 is 0 Å². The van der Waals surface area contributed by atoms with Gasteiger partial charge in [-0.05, 0) is 57.4 Å². The molecule has 104 valence electrons. The molecule has 1 saturated heterocycles. The van der Waals surface area contributed by atoms with Gasteiger partial charge in [0.1, 0.15) is 0 Å². The summed E-state index contributed by atoms with van der Waals surface area (Å²) in [4.78, 5) is 14.6. The maximum absolute atomic E-state index is 12.6. The van der Waals surface area contributed by atoms with E-state index in [0.29, 0.717) is 6.04 Å². The topological polar surface area (TPSA) is 32.3 Å². The lowest BCUT2D eigenvalue weighted by Crippen LogP contribution is -2.41. The van der Waals surface area contributed by atoms with Crippen molar-refractivity contribution in [3.8, 4) is 0 Å². The van der Waals surface area contributed by atoms with E-state index in [1.807, 2.05) is 24.0 Å². The summed E-state index contributed by atoms with van der Waals surface area (Å²) >= 11 is 0. The van der Waals surface area contributed by atoms with Gasteiger partial charge in [-0.2, -0.15) is 0 Å². The minimum Gasteiger partial charge on any atom is -0.337 e. The van der Waals surface area contributed by atoms with Gasteiger partial charge in [-0.3, -0.25) is 4.79 Å². The van der Waals surface area contributed by atoms with E-state index >= 15 is 0 Å². The first-order valence-corrected chi connectivity index (χ1v) is 7.22. The third kappa shape index (κ3) is 3.16. The molecule has 1 aliphatic rings. The van der Waals surface area contributed by atoms with Gasteiger partial charge in [-0.25, -0.2) is 0 Å². The van der Waals surface area contributed by atoms with Crippen molar-refractivity contribution in [2.75, 3.05) is 19.6 Å². The summed E-state index contributed by atoms with van der Waals surface area (Å²) in [6.45, 7) is 8.82. The summed E-state index contributed by atoms with van der Waals surface area (Å²) in [5.41, 5.74) is 3.13. The van der Waals surface area contributed by atoms with E-state index in [1.165, 1.54) is 18.4 Å². The van der Waals surface area contributed by atoms with Crippen LogP contribution in [0.5, 0.6) is 0 Å². The van der Waals surface area contributed by atoms with Crippen molar-refractivity contribution in [1.82, 2.24) is 10.2 Å². The number of nitrogens with one attached hydrogen (secondary N) is 1. The van der Waals surface area contributed by atoms with Crippen LogP contribution in [0.2, 0.25) is 0 Å². The van der Waals surface area contributed by atoms with Crippen LogP contribution < -0.4 is 5.32 Å². The summed E-state index contributed by atoms with van der Waals surface area (Å²) in [6, 6.07) is 6.43. The fourth-order valence-corrected chi connectivity index (χ4v) is 2.69. The standard InChI is InChI=1S/C16H24N2O/c1-4-18(11-14-8-6-10-17-14)16(19)15-9-5-7-12(2)13(15)3/h5,7,9,14,17H,4,6,8,10-11H2,1-3H3. The largest absolute Gasteiger partial charge is 0.337 e. The second-order valence-corrected chi connectivity index (χ2v) is 5.38. The molecule has 0 saturated carbocycles. The van der Waals surface area contributed by atoms with Crippen LogP contribution in [0.3, 0.4) is 0 Å². The van der Waals surface area contributed by atoms with E-state index in [-0.39, 0.29) is 5.91 Å². The van der Waals surface area contributed by atoms with Crippen LogP contribution in [0.1, 0.15) is 41.3 Å². The van der Waals surface area contributed by atoms with Gasteiger partial charge in [0.15, 0.2) is 0 Å². The van der Waals surface area contributed by atoms with Crippen LogP contribution in [-0.2, 0) is 0 Å². The van der Waals surface area contributed by atoms with E-state index in [0.717, 1.165) is 30.8 Å². The summed E-state index contributed by atoms with van der Waals surface area (Å²) in [7, 11) is 0. The number of hydrogen-bond acceptors (Lipinski definition) is 2. The Morgan fingerprint density at radius 1 is 1.42 bits per heavy atom. The molecule has 0 radical (unpaired) electrons. The number of benzene rings is 1. The van der Waals surface area contributed by atoms with Crippen LogP contribution in [0.15, 0.2) is 18.2 Å². The molecule has 1 fully saturated rings. The van der Waals surface area contributed by atoms with Gasteiger partial charge in [0.05, 0.1) is 0 Å². The Bertz CT molecular complexity index is 450. The zero-order valence-corrected chi connectivity index (χ0v) is 12.2. The van der Waals surface area contributed by atoms with Gasteiger partial charge in [-0.1, -0.05) is 12.1 Å². The number of carbonyl (C=O) groups is 1. The van der Waals surface area contributed by atoms with Gasteiger partial charge >= 0.3 is 0 Å². The van der Waals surface area contributed by atoms with Crippen LogP contribution in [0.4, 0.5) is 0 Å². The molecule has 3 nitrogen and oxygen atoms in total. The van der Waals surface area contributed by atoms with Gasteiger partial charge in [-0.15, -0.1) is 0 Å². The lowest BCUT2D eigenvalue weighted by Gasteiger charge is -2.25. The van der Waals surface area contributed by atoms with Crippen molar-refractivity contribution in [2.24, 2.45) is 0 Å². The number of amides is 1. The molecule has 3 heteroatoms. The summed E-state index contributed by atoms with van der Waals surface area (Å²) in [6.07, 6.45) is 2.40. The minimum absolute atomic E-state index is 0.164. The molecule has 1 unspecified atom stereocenters. The maximum atomic E-state index is 12.6. The smallest absolute Gasteiger partial charge is 0.254 e. The predicted molar refractivity (Wildman–Crippen MR) is 78.5 cm³/mol. The highest BCUT2D eigenvalue weighted by Gasteiger charge is 2.22. The maximum Gasteiger partial charge on any atom is 0.254 e. The van der Waals surface area contributed by atoms with E-state index in [4.69, 9.17) is 0 Å². The first kappa shape index (κ1) is 14.1. The lowest BCUT2D eigenvalue weighted by molar-refractivity contribution is 0.0750. The summed E-state index contributed by atoms with van der Waals surface area (Å²) in [5, 5.41) is 3.46. The van der Waals surface area contributed by atoms with E-state index in [1.54, 1.807) is 0 Å². The third-order valence-corrected chi connectivity index (χ3v) is 4.11. The van der Waals surface area contributed by atoms with Crippen LogP contribution in [0.25, 0.3) is 0 Å². The Morgan fingerprint density at radius 3 is 2.84 bits per heavy atom. The number of nitrogens with zero attached hydrogens (tertiary/aromatic N) is 1. The number of likely N-dealkylation sites (N-methyl/N-ethyl adjacent to an activating group) is 1. The molecule has 1 amide bonds. The lowest BCUT2D eigenvalue weighted by atomic mass is 10.0. The molecule has 1 atom stereocenters. The second-order valence-electron chi connectivity index (χ2n) is 5.38. The van der Waals surface area contributed by atoms with Crippen molar-refractivity contribution in [3.63, 3.8) is 0 Å².